The highest BCUT2D eigenvalue weighted by molar-refractivity contribution is 5.68. The lowest BCUT2D eigenvalue weighted by Crippen LogP contribution is -2.49. The molecule has 186 valence electrons. The first-order valence-electron chi connectivity index (χ1n) is 11.8. The molecule has 1 saturated carbocycles. The van der Waals surface area contributed by atoms with Gasteiger partial charge in [-0.3, -0.25) is 14.4 Å². The summed E-state index contributed by atoms with van der Waals surface area (Å²) in [6.45, 7) is 10.7. The molecule has 7 nitrogen and oxygen atoms in total. The second-order valence-electron chi connectivity index (χ2n) is 10.3. The summed E-state index contributed by atoms with van der Waals surface area (Å²) in [4.78, 5) is 34.6. The van der Waals surface area contributed by atoms with Crippen LogP contribution in [0.3, 0.4) is 0 Å². The molecule has 0 aromatic rings. The van der Waals surface area contributed by atoms with Crippen molar-refractivity contribution in [2.45, 2.75) is 79.8 Å². The summed E-state index contributed by atoms with van der Waals surface area (Å²) >= 11 is 0. The number of ether oxygens (including phenoxy) is 3. The van der Waals surface area contributed by atoms with Crippen molar-refractivity contribution in [3.05, 3.63) is 23.3 Å². The van der Waals surface area contributed by atoms with Gasteiger partial charge < -0.3 is 19.3 Å². The lowest BCUT2D eigenvalue weighted by molar-refractivity contribution is -0.154. The van der Waals surface area contributed by atoms with E-state index in [-0.39, 0.29) is 36.6 Å². The first-order chi connectivity index (χ1) is 15.4. The SMILES string of the molecule is CC(=O)OC/C(=C/C[C@H]1C(CO)=CC[C@H]2C(C)(C)CCC[C@]12C)C(COC(C)=O)OC(C)=O. The van der Waals surface area contributed by atoms with E-state index in [2.05, 4.69) is 26.8 Å². The minimum Gasteiger partial charge on any atom is -0.462 e. The molecular formula is C26H40O7. The van der Waals surface area contributed by atoms with Crippen LogP contribution in [0.15, 0.2) is 23.3 Å². The molecule has 0 heterocycles. The molecule has 2 aliphatic rings. The molecule has 0 amide bonds. The highest BCUT2D eigenvalue weighted by Crippen LogP contribution is 2.60. The fraction of sp³-hybridized carbons (Fsp3) is 0.731. The highest BCUT2D eigenvalue weighted by Gasteiger charge is 2.51. The lowest BCUT2D eigenvalue weighted by atomic mass is 9.48. The zero-order valence-electron chi connectivity index (χ0n) is 20.9. The molecule has 4 atom stereocenters. The molecule has 33 heavy (non-hydrogen) atoms. The molecule has 1 fully saturated rings. The first kappa shape index (κ1) is 27.1. The monoisotopic (exact) mass is 464 g/mol. The summed E-state index contributed by atoms with van der Waals surface area (Å²) in [7, 11) is 0. The minimum absolute atomic E-state index is 0.00134. The van der Waals surface area contributed by atoms with E-state index in [4.69, 9.17) is 14.2 Å². The van der Waals surface area contributed by atoms with E-state index >= 15 is 0 Å². The second-order valence-corrected chi connectivity index (χ2v) is 10.3. The molecule has 1 unspecified atom stereocenters. The van der Waals surface area contributed by atoms with Crippen molar-refractivity contribution in [1.29, 1.82) is 0 Å². The van der Waals surface area contributed by atoms with Crippen LogP contribution in [0, 0.1) is 22.7 Å². The molecule has 0 aliphatic heterocycles. The largest absolute Gasteiger partial charge is 0.462 e. The predicted octanol–water partition coefficient (Wildman–Crippen LogP) is 4.13. The van der Waals surface area contributed by atoms with Crippen molar-refractivity contribution in [2.24, 2.45) is 22.7 Å². The lowest BCUT2D eigenvalue weighted by Gasteiger charge is -2.57. The first-order valence-corrected chi connectivity index (χ1v) is 11.8. The summed E-state index contributed by atoms with van der Waals surface area (Å²) in [5.41, 5.74) is 1.82. The van der Waals surface area contributed by atoms with Gasteiger partial charge in [-0.2, -0.15) is 0 Å². The highest BCUT2D eigenvalue weighted by atomic mass is 16.6. The number of carbonyl (C=O) groups is 3. The van der Waals surface area contributed by atoms with E-state index in [1.54, 1.807) is 0 Å². The second kappa shape index (κ2) is 11.3. The maximum absolute atomic E-state index is 11.7. The summed E-state index contributed by atoms with van der Waals surface area (Å²) in [6, 6.07) is 0. The number of hydrogen-bond donors (Lipinski definition) is 1. The molecule has 7 heteroatoms. The standard InChI is InChI=1S/C26H40O7/c1-17(28)31-15-21(23(33-19(3)30)16-32-18(2)29)8-10-22-20(14-27)9-11-24-25(4,5)12-7-13-26(22,24)6/h8-9,22-24,27H,7,10-16H2,1-6H3/b21-8-/t22-,23?,24-,26+/m0/s1. The third-order valence-corrected chi connectivity index (χ3v) is 7.54. The van der Waals surface area contributed by atoms with Gasteiger partial charge in [0, 0.05) is 26.3 Å². The fourth-order valence-corrected chi connectivity index (χ4v) is 5.95. The van der Waals surface area contributed by atoms with Gasteiger partial charge in [0.25, 0.3) is 0 Å². The zero-order chi connectivity index (χ0) is 24.8. The molecule has 0 aromatic heterocycles. The average molecular weight is 465 g/mol. The number of rotatable bonds is 9. The van der Waals surface area contributed by atoms with Gasteiger partial charge in [0.05, 0.1) is 6.61 Å². The number of aliphatic hydroxyl groups is 1. The fourth-order valence-electron chi connectivity index (χ4n) is 5.95. The molecule has 1 N–H and O–H groups in total. The van der Waals surface area contributed by atoms with Crippen LogP contribution in [-0.4, -0.2) is 48.9 Å². The molecule has 0 spiro atoms. The molecule has 0 aromatic carbocycles. The van der Waals surface area contributed by atoms with Gasteiger partial charge in [-0.15, -0.1) is 0 Å². The number of fused-ring (bicyclic) bond motifs is 1. The van der Waals surface area contributed by atoms with Crippen LogP contribution in [0.1, 0.15) is 73.6 Å². The maximum Gasteiger partial charge on any atom is 0.303 e. The Kier molecular flexibility index (Phi) is 9.29. The summed E-state index contributed by atoms with van der Waals surface area (Å²) in [5, 5.41) is 10.1. The van der Waals surface area contributed by atoms with Crippen LogP contribution in [0.2, 0.25) is 0 Å². The number of carbonyl (C=O) groups excluding carboxylic acids is 3. The van der Waals surface area contributed by atoms with Crippen LogP contribution < -0.4 is 0 Å². The van der Waals surface area contributed by atoms with E-state index in [1.807, 2.05) is 6.08 Å². The molecule has 0 bridgehead atoms. The van der Waals surface area contributed by atoms with Gasteiger partial charge in [-0.1, -0.05) is 39.3 Å². The summed E-state index contributed by atoms with van der Waals surface area (Å²) in [6.07, 6.45) is 8.25. The Morgan fingerprint density at radius 2 is 1.76 bits per heavy atom. The third-order valence-electron chi connectivity index (χ3n) is 7.54. The maximum atomic E-state index is 11.7. The number of allylic oxidation sites excluding steroid dienone is 2. The van der Waals surface area contributed by atoms with Crippen molar-refractivity contribution < 1.29 is 33.7 Å². The Balaban J connectivity index is 2.39. The van der Waals surface area contributed by atoms with Gasteiger partial charge in [0.2, 0.25) is 0 Å². The van der Waals surface area contributed by atoms with Crippen molar-refractivity contribution in [3.63, 3.8) is 0 Å². The zero-order valence-corrected chi connectivity index (χ0v) is 20.9. The quantitative estimate of drug-likeness (QED) is 0.311. The Morgan fingerprint density at radius 3 is 2.33 bits per heavy atom. The molecule has 0 radical (unpaired) electrons. The average Bonchev–Trinajstić information content (AvgIpc) is 2.70. The van der Waals surface area contributed by atoms with E-state index in [0.717, 1.165) is 24.8 Å². The molecule has 2 rings (SSSR count). The van der Waals surface area contributed by atoms with Crippen molar-refractivity contribution in [3.8, 4) is 0 Å². The van der Waals surface area contributed by atoms with Gasteiger partial charge in [0.15, 0.2) is 6.10 Å². The summed E-state index contributed by atoms with van der Waals surface area (Å²) in [5.74, 6) is -0.855. The Bertz CT molecular complexity index is 794. The van der Waals surface area contributed by atoms with Crippen molar-refractivity contribution in [1.82, 2.24) is 0 Å². The van der Waals surface area contributed by atoms with Gasteiger partial charge in [0.1, 0.15) is 13.2 Å². The van der Waals surface area contributed by atoms with Crippen molar-refractivity contribution in [2.75, 3.05) is 19.8 Å². The Labute approximate surface area is 197 Å². The van der Waals surface area contributed by atoms with E-state index in [0.29, 0.717) is 17.9 Å². The van der Waals surface area contributed by atoms with Gasteiger partial charge in [-0.25, -0.2) is 0 Å². The topological polar surface area (TPSA) is 99.1 Å². The van der Waals surface area contributed by atoms with Crippen LogP contribution in [0.5, 0.6) is 0 Å². The van der Waals surface area contributed by atoms with E-state index in [1.165, 1.54) is 27.2 Å². The summed E-state index contributed by atoms with van der Waals surface area (Å²) < 4.78 is 15.8. The normalized spacial score (nSPS) is 27.6. The number of hydrogen-bond acceptors (Lipinski definition) is 7. The van der Waals surface area contributed by atoms with E-state index < -0.39 is 24.0 Å². The van der Waals surface area contributed by atoms with Gasteiger partial charge in [-0.05, 0) is 53.9 Å². The van der Waals surface area contributed by atoms with Crippen LogP contribution in [0.4, 0.5) is 0 Å². The Morgan fingerprint density at radius 1 is 1.09 bits per heavy atom. The van der Waals surface area contributed by atoms with E-state index in [9.17, 15) is 19.5 Å². The number of esters is 3. The van der Waals surface area contributed by atoms with Crippen molar-refractivity contribution >= 4 is 17.9 Å². The molecule has 2 aliphatic carbocycles. The molecule has 0 saturated heterocycles. The van der Waals surface area contributed by atoms with Crippen LogP contribution >= 0.6 is 0 Å². The smallest absolute Gasteiger partial charge is 0.303 e. The van der Waals surface area contributed by atoms with Crippen LogP contribution in [0.25, 0.3) is 0 Å². The third kappa shape index (κ3) is 6.92. The van der Waals surface area contributed by atoms with Crippen LogP contribution in [-0.2, 0) is 28.6 Å². The molecular weight excluding hydrogens is 424 g/mol. The Hall–Kier alpha value is -2.15. The number of aliphatic hydroxyl groups excluding tert-OH is 1. The predicted molar refractivity (Wildman–Crippen MR) is 124 cm³/mol. The minimum atomic E-state index is -0.845. The van der Waals surface area contributed by atoms with Gasteiger partial charge >= 0.3 is 17.9 Å².